The molecule has 3 heterocycles. The quantitative estimate of drug-likeness (QED) is 0.813. The van der Waals surface area contributed by atoms with Gasteiger partial charge in [0, 0.05) is 45.1 Å². The topological polar surface area (TPSA) is 44.6 Å². The van der Waals surface area contributed by atoms with Gasteiger partial charge in [-0.25, -0.2) is 0 Å². The zero-order chi connectivity index (χ0) is 15.5. The number of likely N-dealkylation sites (N-methyl/N-ethyl adjacent to an activating group) is 1. The fourth-order valence-corrected chi connectivity index (χ4v) is 3.55. The number of likely N-dealkylation sites (tertiary alicyclic amines) is 1. The van der Waals surface area contributed by atoms with Crippen LogP contribution in [0.5, 0.6) is 0 Å². The van der Waals surface area contributed by atoms with Crippen LogP contribution in [0.2, 0.25) is 0 Å². The van der Waals surface area contributed by atoms with Crippen molar-refractivity contribution in [2.45, 2.75) is 38.4 Å². The van der Waals surface area contributed by atoms with Crippen LogP contribution in [0, 0.1) is 0 Å². The number of nitrogens with zero attached hydrogens (tertiary/aromatic N) is 5. The number of amides is 1. The Morgan fingerprint density at radius 1 is 1.27 bits per heavy atom. The number of carbonyl (C=O) groups is 1. The normalized spacial score (nSPS) is 25.5. The van der Waals surface area contributed by atoms with Crippen LogP contribution < -0.4 is 0 Å². The number of hydrogen-bond acceptors (Lipinski definition) is 4. The zero-order valence-electron chi connectivity index (χ0n) is 13.7. The van der Waals surface area contributed by atoms with Crippen LogP contribution in [0.15, 0.2) is 18.5 Å². The van der Waals surface area contributed by atoms with Crippen LogP contribution in [-0.2, 0) is 11.3 Å². The van der Waals surface area contributed by atoms with Gasteiger partial charge in [0.1, 0.15) is 0 Å². The lowest BCUT2D eigenvalue weighted by Gasteiger charge is -2.38. The minimum absolute atomic E-state index is 0.00748. The first-order valence-electron chi connectivity index (χ1n) is 8.35. The molecule has 0 radical (unpaired) electrons. The van der Waals surface area contributed by atoms with Crippen LogP contribution in [0.25, 0.3) is 0 Å². The van der Waals surface area contributed by atoms with Crippen molar-refractivity contribution in [1.82, 2.24) is 24.5 Å². The average molecular weight is 305 g/mol. The molecule has 3 rings (SSSR count). The van der Waals surface area contributed by atoms with Gasteiger partial charge in [-0.05, 0) is 32.9 Å². The summed E-state index contributed by atoms with van der Waals surface area (Å²) in [6.07, 6.45) is 5.97. The van der Waals surface area contributed by atoms with Gasteiger partial charge in [-0.15, -0.1) is 0 Å². The van der Waals surface area contributed by atoms with Crippen LogP contribution in [-0.4, -0.2) is 82.2 Å². The van der Waals surface area contributed by atoms with Crippen LogP contribution in [0.3, 0.4) is 0 Å². The van der Waals surface area contributed by atoms with Gasteiger partial charge < -0.3 is 9.80 Å². The van der Waals surface area contributed by atoms with Crippen molar-refractivity contribution in [3.05, 3.63) is 18.5 Å². The second-order valence-electron chi connectivity index (χ2n) is 6.57. The minimum Gasteiger partial charge on any atom is -0.337 e. The number of carbonyl (C=O) groups excluding carboxylic acids is 1. The van der Waals surface area contributed by atoms with Gasteiger partial charge in [0.05, 0.1) is 18.6 Å². The summed E-state index contributed by atoms with van der Waals surface area (Å²) in [7, 11) is 2.14. The van der Waals surface area contributed by atoms with E-state index in [-0.39, 0.29) is 6.04 Å². The van der Waals surface area contributed by atoms with Gasteiger partial charge in [-0.1, -0.05) is 0 Å². The Morgan fingerprint density at radius 3 is 2.73 bits per heavy atom. The maximum Gasteiger partial charge on any atom is 0.239 e. The Hall–Kier alpha value is -1.40. The molecule has 22 heavy (non-hydrogen) atoms. The fourth-order valence-electron chi connectivity index (χ4n) is 3.55. The molecule has 2 fully saturated rings. The Kier molecular flexibility index (Phi) is 4.78. The summed E-state index contributed by atoms with van der Waals surface area (Å²) >= 11 is 0. The first-order valence-corrected chi connectivity index (χ1v) is 8.35. The summed E-state index contributed by atoms with van der Waals surface area (Å²) < 4.78 is 1.94. The summed E-state index contributed by atoms with van der Waals surface area (Å²) in [6, 6.07) is 2.22. The molecule has 2 aliphatic heterocycles. The van der Waals surface area contributed by atoms with Crippen LogP contribution in [0.1, 0.15) is 19.8 Å². The van der Waals surface area contributed by atoms with E-state index in [9.17, 15) is 4.79 Å². The summed E-state index contributed by atoms with van der Waals surface area (Å²) in [6.45, 7) is 7.85. The van der Waals surface area contributed by atoms with Gasteiger partial charge in [0.25, 0.3) is 0 Å². The SMILES string of the molecule is C[C@@H](C(=O)N1CCC[C@H]1Cn1cccn1)N1CCN(C)CC1. The van der Waals surface area contributed by atoms with Crippen LogP contribution >= 0.6 is 0 Å². The lowest BCUT2D eigenvalue weighted by molar-refractivity contribution is -0.138. The van der Waals surface area contributed by atoms with E-state index in [1.165, 1.54) is 0 Å². The van der Waals surface area contributed by atoms with E-state index in [2.05, 4.69) is 33.8 Å². The zero-order valence-corrected chi connectivity index (χ0v) is 13.7. The largest absolute Gasteiger partial charge is 0.337 e. The third-order valence-corrected chi connectivity index (χ3v) is 5.06. The molecule has 2 aliphatic rings. The molecule has 0 saturated carbocycles. The molecule has 2 atom stereocenters. The number of piperazine rings is 1. The molecule has 122 valence electrons. The van der Waals surface area contributed by atoms with Crippen molar-refractivity contribution in [2.75, 3.05) is 39.8 Å². The Bertz CT molecular complexity index is 481. The molecule has 1 aromatic rings. The maximum absolute atomic E-state index is 12.9. The van der Waals surface area contributed by atoms with E-state index in [0.29, 0.717) is 11.9 Å². The predicted octanol–water partition coefficient (Wildman–Crippen LogP) is 0.510. The highest BCUT2D eigenvalue weighted by Crippen LogP contribution is 2.21. The second kappa shape index (κ2) is 6.79. The molecule has 0 bridgehead atoms. The third-order valence-electron chi connectivity index (χ3n) is 5.06. The first-order chi connectivity index (χ1) is 10.6. The van der Waals surface area contributed by atoms with Crippen molar-refractivity contribution in [3.8, 4) is 0 Å². The van der Waals surface area contributed by atoms with Gasteiger partial charge in [-0.3, -0.25) is 14.4 Å². The van der Waals surface area contributed by atoms with E-state index >= 15 is 0 Å². The molecule has 0 spiro atoms. The molecule has 6 heteroatoms. The average Bonchev–Trinajstić information content (AvgIpc) is 3.19. The molecule has 0 unspecified atom stereocenters. The predicted molar refractivity (Wildman–Crippen MR) is 85.5 cm³/mol. The lowest BCUT2D eigenvalue weighted by atomic mass is 10.1. The Labute approximate surface area is 132 Å². The minimum atomic E-state index is -0.00748. The molecule has 1 aromatic heterocycles. The Morgan fingerprint density at radius 2 is 2.05 bits per heavy atom. The van der Waals surface area contributed by atoms with E-state index < -0.39 is 0 Å². The van der Waals surface area contributed by atoms with E-state index in [1.54, 1.807) is 6.20 Å². The third kappa shape index (κ3) is 3.33. The van der Waals surface area contributed by atoms with Crippen molar-refractivity contribution in [2.24, 2.45) is 0 Å². The number of hydrogen-bond donors (Lipinski definition) is 0. The Balaban J connectivity index is 1.60. The second-order valence-corrected chi connectivity index (χ2v) is 6.57. The standard InChI is InChI=1S/C16H27N5O/c1-14(19-11-9-18(2)10-12-19)16(22)21-8-3-5-15(21)13-20-7-4-6-17-20/h4,6-7,14-15H,3,5,8-13H2,1-2H3/t14-,15-/m0/s1. The fraction of sp³-hybridized carbons (Fsp3) is 0.750. The smallest absolute Gasteiger partial charge is 0.239 e. The van der Waals surface area contributed by atoms with Crippen molar-refractivity contribution in [3.63, 3.8) is 0 Å². The molecule has 0 aromatic carbocycles. The summed E-state index contributed by atoms with van der Waals surface area (Å²) in [5, 5.41) is 4.28. The monoisotopic (exact) mass is 305 g/mol. The highest BCUT2D eigenvalue weighted by atomic mass is 16.2. The molecule has 0 N–H and O–H groups in total. The highest BCUT2D eigenvalue weighted by Gasteiger charge is 2.34. The van der Waals surface area contributed by atoms with Crippen molar-refractivity contribution >= 4 is 5.91 Å². The van der Waals surface area contributed by atoms with E-state index in [0.717, 1.165) is 52.1 Å². The van der Waals surface area contributed by atoms with Crippen LogP contribution in [0.4, 0.5) is 0 Å². The van der Waals surface area contributed by atoms with Gasteiger partial charge in [0.15, 0.2) is 0 Å². The molecule has 2 saturated heterocycles. The molecule has 1 amide bonds. The molecule has 6 nitrogen and oxygen atoms in total. The van der Waals surface area contributed by atoms with Gasteiger partial charge in [-0.2, -0.15) is 5.10 Å². The summed E-state index contributed by atoms with van der Waals surface area (Å²) in [4.78, 5) is 19.6. The number of aromatic nitrogens is 2. The van der Waals surface area contributed by atoms with E-state index in [4.69, 9.17) is 0 Å². The van der Waals surface area contributed by atoms with E-state index in [1.807, 2.05) is 16.9 Å². The van der Waals surface area contributed by atoms with Gasteiger partial charge >= 0.3 is 0 Å². The lowest BCUT2D eigenvalue weighted by Crippen LogP contribution is -2.54. The first kappa shape index (κ1) is 15.5. The van der Waals surface area contributed by atoms with Gasteiger partial charge in [0.2, 0.25) is 5.91 Å². The highest BCUT2D eigenvalue weighted by molar-refractivity contribution is 5.82. The van der Waals surface area contributed by atoms with Crippen molar-refractivity contribution in [1.29, 1.82) is 0 Å². The summed E-state index contributed by atoms with van der Waals surface area (Å²) in [5.74, 6) is 0.291. The molecular formula is C16H27N5O. The maximum atomic E-state index is 12.9. The molecular weight excluding hydrogens is 278 g/mol. The van der Waals surface area contributed by atoms with Crippen molar-refractivity contribution < 1.29 is 4.79 Å². The molecule has 0 aliphatic carbocycles. The number of rotatable bonds is 4. The summed E-state index contributed by atoms with van der Waals surface area (Å²) in [5.41, 5.74) is 0.